The van der Waals surface area contributed by atoms with E-state index in [1.807, 2.05) is 29.2 Å². The number of hydrogen-bond acceptors (Lipinski definition) is 6. The summed E-state index contributed by atoms with van der Waals surface area (Å²) in [4.78, 5) is 15.4. The minimum absolute atomic E-state index is 0.0115. The second-order valence-electron chi connectivity index (χ2n) is 9.49. The molecule has 1 amide bonds. The third-order valence-corrected chi connectivity index (χ3v) is 6.52. The molecule has 2 aliphatic rings. The fourth-order valence-electron chi connectivity index (χ4n) is 4.85. The summed E-state index contributed by atoms with van der Waals surface area (Å²) in [5.74, 6) is 1.62. The van der Waals surface area contributed by atoms with E-state index in [1.165, 1.54) is 0 Å². The average molecular weight is 478 g/mol. The van der Waals surface area contributed by atoms with Gasteiger partial charge in [0.25, 0.3) is 5.91 Å². The lowest BCUT2D eigenvalue weighted by Gasteiger charge is -2.29. The number of aromatic amines is 1. The zero-order valence-electron chi connectivity index (χ0n) is 20.3. The highest BCUT2D eigenvalue weighted by atomic mass is 16.5. The minimum Gasteiger partial charge on any atom is -0.507 e. The predicted molar refractivity (Wildman–Crippen MR) is 131 cm³/mol. The van der Waals surface area contributed by atoms with Crippen LogP contribution in [0.15, 0.2) is 42.5 Å². The molecule has 5 rings (SSSR count). The lowest BCUT2D eigenvalue weighted by atomic mass is 9.95. The zero-order chi connectivity index (χ0) is 24.5. The highest BCUT2D eigenvalue weighted by Gasteiger charge is 2.44. The number of fused-ring (bicyclic) bond motifs is 1. The molecule has 0 bridgehead atoms. The number of amides is 1. The van der Waals surface area contributed by atoms with Gasteiger partial charge in [-0.1, -0.05) is 32.0 Å². The molecule has 0 aliphatic carbocycles. The Labute approximate surface area is 204 Å². The fourth-order valence-corrected chi connectivity index (χ4v) is 4.85. The van der Waals surface area contributed by atoms with Crippen LogP contribution in [0.25, 0.3) is 11.3 Å². The summed E-state index contributed by atoms with van der Waals surface area (Å²) in [7, 11) is 1.61. The molecular formula is C27H31N3O5. The number of carbonyl (C=O) groups excluding carboxylic acids is 1. The Morgan fingerprint density at radius 3 is 2.77 bits per heavy atom. The third kappa shape index (κ3) is 4.34. The van der Waals surface area contributed by atoms with E-state index in [1.54, 1.807) is 25.3 Å². The number of H-pyrrole nitrogens is 1. The molecule has 1 fully saturated rings. The van der Waals surface area contributed by atoms with Crippen molar-refractivity contribution in [1.82, 2.24) is 15.1 Å². The first kappa shape index (κ1) is 23.2. The summed E-state index contributed by atoms with van der Waals surface area (Å²) in [5.41, 5.74) is 3.19. The number of methoxy groups -OCH3 is 1. The van der Waals surface area contributed by atoms with Gasteiger partial charge in [0, 0.05) is 24.3 Å². The van der Waals surface area contributed by atoms with Crippen LogP contribution in [0.4, 0.5) is 0 Å². The lowest BCUT2D eigenvalue weighted by molar-refractivity contribution is 0.0495. The molecule has 0 unspecified atom stereocenters. The molecule has 2 atom stereocenters. The van der Waals surface area contributed by atoms with E-state index in [9.17, 15) is 9.90 Å². The summed E-state index contributed by atoms with van der Waals surface area (Å²) in [6, 6.07) is 12.4. The van der Waals surface area contributed by atoms with Gasteiger partial charge in [-0.15, -0.1) is 0 Å². The second kappa shape index (κ2) is 9.62. The van der Waals surface area contributed by atoms with Crippen LogP contribution in [0.3, 0.4) is 0 Å². The highest BCUT2D eigenvalue weighted by molar-refractivity contribution is 6.00. The van der Waals surface area contributed by atoms with Crippen LogP contribution in [0, 0.1) is 5.92 Å². The van der Waals surface area contributed by atoms with Crippen molar-refractivity contribution in [1.29, 1.82) is 0 Å². The van der Waals surface area contributed by atoms with Gasteiger partial charge in [-0.3, -0.25) is 9.89 Å². The first-order valence-corrected chi connectivity index (χ1v) is 12.1. The molecule has 2 aromatic carbocycles. The number of nitrogens with zero attached hydrogens (tertiary/aromatic N) is 2. The van der Waals surface area contributed by atoms with Gasteiger partial charge in [0.2, 0.25) is 0 Å². The van der Waals surface area contributed by atoms with Crippen molar-refractivity contribution in [2.45, 2.75) is 38.8 Å². The first-order chi connectivity index (χ1) is 17.0. The van der Waals surface area contributed by atoms with E-state index < -0.39 is 6.04 Å². The summed E-state index contributed by atoms with van der Waals surface area (Å²) in [6.07, 6.45) is 1.89. The van der Waals surface area contributed by atoms with E-state index in [0.717, 1.165) is 24.0 Å². The smallest absolute Gasteiger partial charge is 0.273 e. The zero-order valence-corrected chi connectivity index (χ0v) is 20.3. The van der Waals surface area contributed by atoms with Gasteiger partial charge in [-0.05, 0) is 48.6 Å². The van der Waals surface area contributed by atoms with Crippen LogP contribution < -0.4 is 9.47 Å². The predicted octanol–water partition coefficient (Wildman–Crippen LogP) is 4.55. The monoisotopic (exact) mass is 477 g/mol. The van der Waals surface area contributed by atoms with E-state index in [0.29, 0.717) is 54.1 Å². The highest BCUT2D eigenvalue weighted by Crippen LogP contribution is 2.46. The van der Waals surface area contributed by atoms with Crippen molar-refractivity contribution in [3.8, 4) is 28.5 Å². The van der Waals surface area contributed by atoms with E-state index in [2.05, 4.69) is 24.0 Å². The molecule has 2 aliphatic heterocycles. The number of ether oxygens (including phenoxy) is 3. The molecule has 1 saturated heterocycles. The Hall–Kier alpha value is -3.52. The molecule has 184 valence electrons. The molecule has 0 radical (unpaired) electrons. The van der Waals surface area contributed by atoms with Gasteiger partial charge < -0.3 is 24.2 Å². The van der Waals surface area contributed by atoms with Crippen LogP contribution in [0.5, 0.6) is 17.2 Å². The van der Waals surface area contributed by atoms with Crippen molar-refractivity contribution in [3.63, 3.8) is 0 Å². The van der Waals surface area contributed by atoms with Crippen LogP contribution >= 0.6 is 0 Å². The first-order valence-electron chi connectivity index (χ1n) is 12.1. The molecule has 8 heteroatoms. The fraction of sp³-hybridized carbons (Fsp3) is 0.407. The molecule has 3 heterocycles. The lowest BCUT2D eigenvalue weighted by Crippen LogP contribution is -2.36. The number of para-hydroxylation sites is 1. The van der Waals surface area contributed by atoms with Crippen molar-refractivity contribution < 1.29 is 24.1 Å². The van der Waals surface area contributed by atoms with E-state index >= 15 is 0 Å². The molecule has 8 nitrogen and oxygen atoms in total. The third-order valence-electron chi connectivity index (χ3n) is 6.52. The number of nitrogens with one attached hydrogen (secondary N) is 1. The largest absolute Gasteiger partial charge is 0.507 e. The Morgan fingerprint density at radius 1 is 1.23 bits per heavy atom. The van der Waals surface area contributed by atoms with Crippen LogP contribution in [0.1, 0.15) is 54.3 Å². The molecule has 35 heavy (non-hydrogen) atoms. The van der Waals surface area contributed by atoms with Crippen molar-refractivity contribution in [3.05, 3.63) is 59.3 Å². The number of rotatable bonds is 8. The van der Waals surface area contributed by atoms with Gasteiger partial charge in [-0.25, -0.2) is 0 Å². The quantitative estimate of drug-likeness (QED) is 0.494. The SMILES string of the molecule is COc1cc([C@@H]2c3c(-c4ccccc4O)n[nH]c3C(=O)N2C[C@H]2CCCO2)ccc1OCC(C)C. The van der Waals surface area contributed by atoms with Crippen molar-refractivity contribution >= 4 is 5.91 Å². The van der Waals surface area contributed by atoms with E-state index in [-0.39, 0.29) is 17.8 Å². The van der Waals surface area contributed by atoms with Crippen LogP contribution in [-0.4, -0.2) is 59.1 Å². The van der Waals surface area contributed by atoms with Crippen molar-refractivity contribution in [2.24, 2.45) is 5.92 Å². The Balaban J connectivity index is 1.60. The summed E-state index contributed by atoms with van der Waals surface area (Å²) in [5, 5.41) is 17.9. The summed E-state index contributed by atoms with van der Waals surface area (Å²) >= 11 is 0. The maximum Gasteiger partial charge on any atom is 0.273 e. The maximum atomic E-state index is 13.6. The molecule has 0 spiro atoms. The molecule has 1 aromatic heterocycles. The Morgan fingerprint density at radius 2 is 2.06 bits per heavy atom. The standard InChI is InChI=1S/C27H31N3O5/c1-16(2)15-35-21-11-10-17(13-22(21)33-3)26-23-24(19-8-4-5-9-20(19)31)28-29-25(23)27(32)30(26)14-18-7-6-12-34-18/h4-5,8-11,13,16,18,26,31H,6-7,12,14-15H2,1-3H3,(H,28,29)/t18-,26-/m1/s1. The van der Waals surface area contributed by atoms with Gasteiger partial charge in [0.1, 0.15) is 17.1 Å². The van der Waals surface area contributed by atoms with Gasteiger partial charge in [-0.2, -0.15) is 5.10 Å². The Kier molecular flexibility index (Phi) is 6.38. The number of carbonyl (C=O) groups is 1. The maximum absolute atomic E-state index is 13.6. The molecule has 0 saturated carbocycles. The topological polar surface area (TPSA) is 96.9 Å². The molecular weight excluding hydrogens is 446 g/mol. The number of phenolic OH excluding ortho intramolecular Hbond substituents is 1. The van der Waals surface area contributed by atoms with Crippen molar-refractivity contribution in [2.75, 3.05) is 26.9 Å². The number of hydrogen-bond donors (Lipinski definition) is 2. The van der Waals surface area contributed by atoms with Crippen LogP contribution in [0.2, 0.25) is 0 Å². The second-order valence-corrected chi connectivity index (χ2v) is 9.49. The van der Waals surface area contributed by atoms with E-state index in [4.69, 9.17) is 14.2 Å². The normalized spacial score (nSPS) is 19.4. The number of benzene rings is 2. The number of aromatic nitrogens is 2. The van der Waals surface area contributed by atoms with Crippen LogP contribution in [-0.2, 0) is 4.74 Å². The molecule has 2 N–H and O–H groups in total. The summed E-state index contributed by atoms with van der Waals surface area (Å²) < 4.78 is 17.5. The Bertz CT molecular complexity index is 1220. The number of phenols is 1. The van der Waals surface area contributed by atoms with Gasteiger partial charge in [0.15, 0.2) is 11.5 Å². The minimum atomic E-state index is -0.414. The summed E-state index contributed by atoms with van der Waals surface area (Å²) in [6.45, 7) is 5.94. The average Bonchev–Trinajstić information content (AvgIpc) is 3.58. The molecule has 3 aromatic rings. The van der Waals surface area contributed by atoms with Gasteiger partial charge in [0.05, 0.1) is 25.9 Å². The van der Waals surface area contributed by atoms with Gasteiger partial charge >= 0.3 is 0 Å². The number of aromatic hydroxyl groups is 1.